The first-order chi connectivity index (χ1) is 11.1. The van der Waals surface area contributed by atoms with Crippen LogP contribution in [0.5, 0.6) is 0 Å². The molecule has 0 aromatic carbocycles. The third kappa shape index (κ3) is 3.09. The SMILES string of the molecule is O=C(O)N1CC=C(c2nc(-c3ccncc3)[nH]c(=O)c2Cl)CC1. The molecule has 0 atom stereocenters. The highest BCUT2D eigenvalue weighted by molar-refractivity contribution is 6.32. The first-order valence-corrected chi connectivity index (χ1v) is 7.31. The van der Waals surface area contributed by atoms with Gasteiger partial charge in [-0.15, -0.1) is 0 Å². The summed E-state index contributed by atoms with van der Waals surface area (Å²) >= 11 is 6.10. The Morgan fingerprint density at radius 3 is 2.70 bits per heavy atom. The number of carboxylic acid groups (broad SMARTS) is 1. The van der Waals surface area contributed by atoms with Crippen molar-refractivity contribution in [2.24, 2.45) is 0 Å². The van der Waals surface area contributed by atoms with Gasteiger partial charge in [0.2, 0.25) is 0 Å². The quantitative estimate of drug-likeness (QED) is 0.878. The van der Waals surface area contributed by atoms with Crippen LogP contribution >= 0.6 is 11.6 Å². The van der Waals surface area contributed by atoms with E-state index in [4.69, 9.17) is 16.7 Å². The van der Waals surface area contributed by atoms with Crippen molar-refractivity contribution in [3.05, 3.63) is 51.7 Å². The standard InChI is InChI=1S/C15H13ClN4O3/c16-11-12(9-3-7-20(8-4-9)15(22)23)18-13(19-14(11)21)10-1-5-17-6-2-10/h1-3,5-6H,4,7-8H2,(H,22,23)(H,18,19,21). The molecule has 2 aromatic rings. The van der Waals surface area contributed by atoms with Gasteiger partial charge in [0.25, 0.3) is 5.56 Å². The Morgan fingerprint density at radius 2 is 2.09 bits per heavy atom. The molecule has 0 unspecified atom stereocenters. The van der Waals surface area contributed by atoms with Gasteiger partial charge in [0.05, 0.1) is 5.69 Å². The number of hydrogen-bond donors (Lipinski definition) is 2. The zero-order valence-electron chi connectivity index (χ0n) is 12.0. The lowest BCUT2D eigenvalue weighted by Crippen LogP contribution is -2.33. The topological polar surface area (TPSA) is 99.2 Å². The maximum atomic E-state index is 12.1. The summed E-state index contributed by atoms with van der Waals surface area (Å²) in [5.41, 5.74) is 1.46. The number of nitrogens with zero attached hydrogens (tertiary/aromatic N) is 3. The number of carbonyl (C=O) groups is 1. The molecule has 0 spiro atoms. The highest BCUT2D eigenvalue weighted by Crippen LogP contribution is 2.26. The van der Waals surface area contributed by atoms with Crippen LogP contribution in [-0.4, -0.2) is 44.1 Å². The van der Waals surface area contributed by atoms with Crippen LogP contribution in [0.25, 0.3) is 17.0 Å². The minimum absolute atomic E-state index is 0.0119. The lowest BCUT2D eigenvalue weighted by atomic mass is 10.0. The summed E-state index contributed by atoms with van der Waals surface area (Å²) < 4.78 is 0. The molecule has 118 valence electrons. The van der Waals surface area contributed by atoms with Gasteiger partial charge in [0.1, 0.15) is 10.8 Å². The molecule has 0 radical (unpaired) electrons. The Kier molecular flexibility index (Phi) is 4.12. The molecule has 0 bridgehead atoms. The van der Waals surface area contributed by atoms with Gasteiger partial charge in [-0.05, 0) is 24.1 Å². The minimum atomic E-state index is -0.970. The fourth-order valence-corrected chi connectivity index (χ4v) is 2.59. The van der Waals surface area contributed by atoms with E-state index in [0.29, 0.717) is 24.5 Å². The third-order valence-electron chi connectivity index (χ3n) is 3.60. The van der Waals surface area contributed by atoms with E-state index in [9.17, 15) is 9.59 Å². The van der Waals surface area contributed by atoms with Crippen molar-refractivity contribution in [2.45, 2.75) is 6.42 Å². The summed E-state index contributed by atoms with van der Waals surface area (Å²) in [7, 11) is 0. The van der Waals surface area contributed by atoms with Gasteiger partial charge in [-0.25, -0.2) is 9.78 Å². The highest BCUT2D eigenvalue weighted by Gasteiger charge is 2.21. The van der Waals surface area contributed by atoms with E-state index >= 15 is 0 Å². The number of halogens is 1. The van der Waals surface area contributed by atoms with Crippen LogP contribution in [0.15, 0.2) is 35.4 Å². The molecule has 8 heteroatoms. The monoisotopic (exact) mass is 332 g/mol. The smallest absolute Gasteiger partial charge is 0.407 e. The Hall–Kier alpha value is -2.67. The van der Waals surface area contributed by atoms with Gasteiger partial charge in [-0.2, -0.15) is 0 Å². The van der Waals surface area contributed by atoms with Crippen molar-refractivity contribution >= 4 is 23.3 Å². The Balaban J connectivity index is 2.02. The molecule has 0 saturated carbocycles. The second-order valence-electron chi connectivity index (χ2n) is 5.02. The van der Waals surface area contributed by atoms with E-state index in [1.807, 2.05) is 0 Å². The number of amides is 1. The summed E-state index contributed by atoms with van der Waals surface area (Å²) in [5, 5.41) is 8.99. The van der Waals surface area contributed by atoms with E-state index in [2.05, 4.69) is 15.0 Å². The molecule has 0 aliphatic carbocycles. The normalized spacial score (nSPS) is 14.5. The van der Waals surface area contributed by atoms with Crippen molar-refractivity contribution in [3.63, 3.8) is 0 Å². The third-order valence-corrected chi connectivity index (χ3v) is 3.95. The average Bonchev–Trinajstić information content (AvgIpc) is 2.58. The van der Waals surface area contributed by atoms with Crippen LogP contribution in [0.4, 0.5) is 4.79 Å². The summed E-state index contributed by atoms with van der Waals surface area (Å²) in [6.07, 6.45) is 4.44. The second kappa shape index (κ2) is 6.21. The number of pyridine rings is 1. The molecule has 1 amide bonds. The van der Waals surface area contributed by atoms with Gasteiger partial charge < -0.3 is 15.0 Å². The van der Waals surface area contributed by atoms with Gasteiger partial charge in [-0.1, -0.05) is 17.7 Å². The largest absolute Gasteiger partial charge is 0.465 e. The summed E-state index contributed by atoms with van der Waals surface area (Å²) in [6.45, 7) is 0.594. The molecular weight excluding hydrogens is 320 g/mol. The number of nitrogens with one attached hydrogen (secondary N) is 1. The fourth-order valence-electron chi connectivity index (χ4n) is 2.38. The van der Waals surface area contributed by atoms with Crippen LogP contribution in [0, 0.1) is 0 Å². The maximum Gasteiger partial charge on any atom is 0.407 e. The molecule has 2 aromatic heterocycles. The van der Waals surface area contributed by atoms with Crippen LogP contribution in [-0.2, 0) is 0 Å². The molecule has 1 aliphatic heterocycles. The molecule has 0 saturated heterocycles. The predicted molar refractivity (Wildman–Crippen MR) is 85.3 cm³/mol. The summed E-state index contributed by atoms with van der Waals surface area (Å²) in [6, 6.07) is 3.47. The van der Waals surface area contributed by atoms with E-state index < -0.39 is 11.7 Å². The van der Waals surface area contributed by atoms with Crippen LogP contribution in [0.2, 0.25) is 5.02 Å². The number of hydrogen-bond acceptors (Lipinski definition) is 4. The molecule has 1 aliphatic rings. The summed E-state index contributed by atoms with van der Waals surface area (Å²) in [4.78, 5) is 35.3. The van der Waals surface area contributed by atoms with Gasteiger partial charge in [0, 0.05) is 31.0 Å². The number of aromatic nitrogens is 3. The zero-order valence-corrected chi connectivity index (χ0v) is 12.7. The van der Waals surface area contributed by atoms with Crippen molar-refractivity contribution in [3.8, 4) is 11.4 Å². The van der Waals surface area contributed by atoms with Crippen molar-refractivity contribution < 1.29 is 9.90 Å². The lowest BCUT2D eigenvalue weighted by Gasteiger charge is -2.23. The number of rotatable bonds is 2. The average molecular weight is 333 g/mol. The van der Waals surface area contributed by atoms with E-state index in [1.54, 1.807) is 30.6 Å². The van der Waals surface area contributed by atoms with Gasteiger partial charge >= 0.3 is 6.09 Å². The van der Waals surface area contributed by atoms with Gasteiger partial charge in [0.15, 0.2) is 0 Å². The molecule has 2 N–H and O–H groups in total. The first kappa shape index (κ1) is 15.2. The predicted octanol–water partition coefficient (Wildman–Crippen LogP) is 2.25. The van der Waals surface area contributed by atoms with E-state index in [-0.39, 0.29) is 11.6 Å². The number of H-pyrrole nitrogens is 1. The summed E-state index contributed by atoms with van der Waals surface area (Å²) in [5.74, 6) is 0.401. The first-order valence-electron chi connectivity index (χ1n) is 6.94. The molecule has 3 heterocycles. The molecule has 3 rings (SSSR count). The van der Waals surface area contributed by atoms with E-state index in [0.717, 1.165) is 11.1 Å². The zero-order chi connectivity index (χ0) is 16.4. The molecular formula is C15H13ClN4O3. The van der Waals surface area contributed by atoms with Crippen molar-refractivity contribution in [1.29, 1.82) is 0 Å². The molecule has 7 nitrogen and oxygen atoms in total. The van der Waals surface area contributed by atoms with Crippen molar-refractivity contribution in [2.75, 3.05) is 13.1 Å². The van der Waals surface area contributed by atoms with Crippen LogP contribution < -0.4 is 5.56 Å². The minimum Gasteiger partial charge on any atom is -0.465 e. The highest BCUT2D eigenvalue weighted by atomic mass is 35.5. The van der Waals surface area contributed by atoms with Crippen molar-refractivity contribution in [1.82, 2.24) is 19.9 Å². The maximum absolute atomic E-state index is 12.1. The van der Waals surface area contributed by atoms with Crippen LogP contribution in [0.1, 0.15) is 12.1 Å². The Labute approximate surface area is 136 Å². The molecule has 23 heavy (non-hydrogen) atoms. The van der Waals surface area contributed by atoms with Gasteiger partial charge in [-0.3, -0.25) is 9.78 Å². The van der Waals surface area contributed by atoms with E-state index in [1.165, 1.54) is 4.90 Å². The van der Waals surface area contributed by atoms with Crippen LogP contribution in [0.3, 0.4) is 0 Å². The molecule has 0 fully saturated rings. The Morgan fingerprint density at radius 1 is 1.35 bits per heavy atom. The number of aromatic amines is 1. The Bertz CT molecular complexity index is 832. The lowest BCUT2D eigenvalue weighted by molar-refractivity contribution is 0.150. The second-order valence-corrected chi connectivity index (χ2v) is 5.40. The fraction of sp³-hybridized carbons (Fsp3) is 0.200.